The lowest BCUT2D eigenvalue weighted by Crippen LogP contribution is -2.40. The van der Waals surface area contributed by atoms with Crippen LogP contribution >= 0.6 is 0 Å². The van der Waals surface area contributed by atoms with E-state index in [1.807, 2.05) is 11.0 Å². The molecule has 3 aromatic heterocycles. The number of likely N-dealkylation sites (tertiary alicyclic amines) is 1. The minimum Gasteiger partial charge on any atom is -0.342 e. The second-order valence-corrected chi connectivity index (χ2v) is 14.6. The first-order valence-electron chi connectivity index (χ1n) is 16.3. The number of rotatable bonds is 8. The number of benzene rings is 2. The molecule has 10 heteroatoms. The van der Waals surface area contributed by atoms with Crippen LogP contribution in [0.3, 0.4) is 0 Å². The molecule has 1 aliphatic heterocycles. The molecule has 2 aliphatic rings. The van der Waals surface area contributed by atoms with Crippen LogP contribution in [0.5, 0.6) is 0 Å². The fraction of sp³-hybridized carbons (Fsp3) is 0.389. The average molecular weight is 635 g/mol. The summed E-state index contributed by atoms with van der Waals surface area (Å²) < 4.78 is 30.6. The van der Waals surface area contributed by atoms with Crippen LogP contribution in [0.4, 0.5) is 0 Å². The van der Waals surface area contributed by atoms with Crippen LogP contribution in [-0.4, -0.2) is 50.8 Å². The number of aromatic nitrogens is 4. The van der Waals surface area contributed by atoms with E-state index in [0.717, 1.165) is 63.6 Å². The molecule has 9 nitrogen and oxygen atoms in total. The second kappa shape index (κ2) is 12.7. The molecule has 0 unspecified atom stereocenters. The molecule has 236 valence electrons. The molecular formula is C36H38N6O3S. The van der Waals surface area contributed by atoms with Gasteiger partial charge in [-0.15, -0.1) is 0 Å². The topological polar surface area (TPSA) is 114 Å². The van der Waals surface area contributed by atoms with E-state index in [9.17, 15) is 18.5 Å². The third kappa shape index (κ3) is 5.80. The molecule has 1 amide bonds. The van der Waals surface area contributed by atoms with E-state index in [-0.39, 0.29) is 23.3 Å². The zero-order valence-electron chi connectivity index (χ0n) is 25.8. The first-order valence-corrected chi connectivity index (χ1v) is 17.7. The SMILES string of the molecule is N#CC[C@H]1CC[C@H](n2c(CC(=O)N3CCC(Cc4ccccc4)CC3)nc3cnc4c(ccn4S(=O)(=O)c4ccccc4)c32)CC1. The van der Waals surface area contributed by atoms with Gasteiger partial charge in [-0.05, 0) is 80.5 Å². The monoisotopic (exact) mass is 634 g/mol. The molecule has 46 heavy (non-hydrogen) atoms. The van der Waals surface area contributed by atoms with Gasteiger partial charge in [-0.25, -0.2) is 22.4 Å². The third-order valence-electron chi connectivity index (χ3n) is 9.91. The molecule has 5 aromatic rings. The van der Waals surface area contributed by atoms with Crippen LogP contribution in [0.25, 0.3) is 22.1 Å². The number of nitriles is 1. The van der Waals surface area contributed by atoms with Gasteiger partial charge in [0.2, 0.25) is 5.91 Å². The summed E-state index contributed by atoms with van der Waals surface area (Å²) in [5.41, 5.74) is 3.16. The van der Waals surface area contributed by atoms with Gasteiger partial charge in [-0.1, -0.05) is 48.5 Å². The zero-order chi connectivity index (χ0) is 31.7. The van der Waals surface area contributed by atoms with Crippen LogP contribution < -0.4 is 0 Å². The van der Waals surface area contributed by atoms with Crippen molar-refractivity contribution >= 4 is 38.0 Å². The van der Waals surface area contributed by atoms with Crippen LogP contribution in [-0.2, 0) is 27.7 Å². The highest BCUT2D eigenvalue weighted by atomic mass is 32.2. The minimum atomic E-state index is -3.86. The lowest BCUT2D eigenvalue weighted by Gasteiger charge is -2.33. The van der Waals surface area contributed by atoms with E-state index in [2.05, 4.69) is 39.9 Å². The Morgan fingerprint density at radius 3 is 2.28 bits per heavy atom. The van der Waals surface area contributed by atoms with Gasteiger partial charge in [0.1, 0.15) is 11.3 Å². The van der Waals surface area contributed by atoms with E-state index >= 15 is 0 Å². The number of nitrogens with zero attached hydrogens (tertiary/aromatic N) is 6. The van der Waals surface area contributed by atoms with Crippen molar-refractivity contribution in [2.24, 2.45) is 11.8 Å². The van der Waals surface area contributed by atoms with Gasteiger partial charge in [0, 0.05) is 37.1 Å². The first-order chi connectivity index (χ1) is 22.4. The molecule has 2 fully saturated rings. The number of pyridine rings is 1. The summed E-state index contributed by atoms with van der Waals surface area (Å²) in [6.07, 6.45) is 10.5. The van der Waals surface area contributed by atoms with E-state index in [1.165, 1.54) is 9.54 Å². The van der Waals surface area contributed by atoms with Crippen molar-refractivity contribution in [1.29, 1.82) is 5.26 Å². The predicted octanol–water partition coefficient (Wildman–Crippen LogP) is 6.29. The highest BCUT2D eigenvalue weighted by Gasteiger charge is 2.30. The number of piperidine rings is 1. The van der Waals surface area contributed by atoms with Crippen molar-refractivity contribution in [3.63, 3.8) is 0 Å². The minimum absolute atomic E-state index is 0.0707. The van der Waals surface area contributed by atoms with Crippen molar-refractivity contribution in [2.75, 3.05) is 13.1 Å². The number of hydrogen-bond acceptors (Lipinski definition) is 6. The van der Waals surface area contributed by atoms with Gasteiger partial charge in [-0.2, -0.15) is 5.26 Å². The number of hydrogen-bond donors (Lipinski definition) is 0. The molecule has 1 saturated carbocycles. The summed E-state index contributed by atoms with van der Waals surface area (Å²) in [5.74, 6) is 1.71. The number of amides is 1. The standard InChI is InChI=1S/C36H38N6O3S/c37-19-15-26-11-13-29(14-12-26)42-33(24-34(43)40-20-16-28(17-21-40)23-27-7-3-1-4-8-27)39-32-25-38-36-31(35(32)42)18-22-41(36)46(44,45)30-9-5-2-6-10-30/h1-10,18,22,25-26,28-29H,11-17,20-21,23-24H2/t26-,29-. The van der Waals surface area contributed by atoms with Crippen molar-refractivity contribution in [2.45, 2.75) is 68.7 Å². The average Bonchev–Trinajstić information content (AvgIpc) is 3.68. The molecule has 0 spiro atoms. The van der Waals surface area contributed by atoms with Crippen molar-refractivity contribution in [3.8, 4) is 6.07 Å². The van der Waals surface area contributed by atoms with E-state index in [0.29, 0.717) is 40.6 Å². The molecule has 0 bridgehead atoms. The molecule has 0 atom stereocenters. The Morgan fingerprint density at radius 1 is 0.891 bits per heavy atom. The predicted molar refractivity (Wildman–Crippen MR) is 176 cm³/mol. The van der Waals surface area contributed by atoms with Gasteiger partial charge in [-0.3, -0.25) is 4.79 Å². The van der Waals surface area contributed by atoms with Crippen molar-refractivity contribution in [1.82, 2.24) is 23.4 Å². The van der Waals surface area contributed by atoms with Crippen LogP contribution in [0.1, 0.15) is 62.4 Å². The first kappa shape index (κ1) is 30.2. The van der Waals surface area contributed by atoms with E-state index in [1.54, 1.807) is 48.8 Å². The summed E-state index contributed by atoms with van der Waals surface area (Å²) >= 11 is 0. The zero-order valence-corrected chi connectivity index (χ0v) is 26.6. The van der Waals surface area contributed by atoms with Gasteiger partial charge in [0.15, 0.2) is 5.65 Å². The molecule has 2 aromatic carbocycles. The van der Waals surface area contributed by atoms with Gasteiger partial charge >= 0.3 is 0 Å². The number of imidazole rings is 1. The lowest BCUT2D eigenvalue weighted by molar-refractivity contribution is -0.132. The van der Waals surface area contributed by atoms with Gasteiger partial charge in [0.05, 0.1) is 29.1 Å². The summed E-state index contributed by atoms with van der Waals surface area (Å²) in [5, 5.41) is 9.97. The van der Waals surface area contributed by atoms with Gasteiger partial charge < -0.3 is 9.47 Å². The molecule has 0 radical (unpaired) electrons. The molecule has 7 rings (SSSR count). The molecule has 1 aliphatic carbocycles. The maximum Gasteiger partial charge on any atom is 0.269 e. The lowest BCUT2D eigenvalue weighted by atomic mass is 9.84. The Labute approximate surface area is 269 Å². The summed E-state index contributed by atoms with van der Waals surface area (Å²) in [7, 11) is -3.86. The fourth-order valence-corrected chi connectivity index (χ4v) is 8.75. The normalized spacial score (nSPS) is 19.4. The Balaban J connectivity index is 1.20. The quantitative estimate of drug-likeness (QED) is 0.198. The van der Waals surface area contributed by atoms with Gasteiger partial charge in [0.25, 0.3) is 10.0 Å². The highest BCUT2D eigenvalue weighted by Crippen LogP contribution is 2.39. The fourth-order valence-electron chi connectivity index (χ4n) is 7.43. The number of carbonyl (C=O) groups excluding carboxylic acids is 1. The van der Waals surface area contributed by atoms with E-state index < -0.39 is 10.0 Å². The van der Waals surface area contributed by atoms with E-state index in [4.69, 9.17) is 4.98 Å². The molecule has 1 saturated heterocycles. The highest BCUT2D eigenvalue weighted by molar-refractivity contribution is 7.90. The summed E-state index contributed by atoms with van der Waals surface area (Å²) in [6.45, 7) is 1.48. The largest absolute Gasteiger partial charge is 0.342 e. The summed E-state index contributed by atoms with van der Waals surface area (Å²) in [4.78, 5) is 25.5. The Morgan fingerprint density at radius 2 is 1.59 bits per heavy atom. The van der Waals surface area contributed by atoms with Crippen LogP contribution in [0.2, 0.25) is 0 Å². The van der Waals surface area contributed by atoms with Crippen LogP contribution in [0.15, 0.2) is 84.0 Å². The maximum atomic E-state index is 13.8. The number of carbonyl (C=O) groups is 1. The number of fused-ring (bicyclic) bond motifs is 3. The third-order valence-corrected chi connectivity index (χ3v) is 11.6. The smallest absolute Gasteiger partial charge is 0.269 e. The molecule has 4 heterocycles. The van der Waals surface area contributed by atoms with Crippen molar-refractivity contribution in [3.05, 3.63) is 90.5 Å². The molecule has 0 N–H and O–H groups in total. The van der Waals surface area contributed by atoms with Crippen LogP contribution in [0, 0.1) is 23.2 Å². The second-order valence-electron chi connectivity index (χ2n) is 12.8. The Kier molecular flexibility index (Phi) is 8.34. The Bertz CT molecular complexity index is 2000. The van der Waals surface area contributed by atoms with Crippen molar-refractivity contribution < 1.29 is 13.2 Å². The maximum absolute atomic E-state index is 13.8. The Hall–Kier alpha value is -4.49. The molecular weight excluding hydrogens is 597 g/mol. The summed E-state index contributed by atoms with van der Waals surface area (Å²) in [6, 6.07) is 23.1.